The highest BCUT2D eigenvalue weighted by Gasteiger charge is 2.42. The van der Waals surface area contributed by atoms with Crippen molar-refractivity contribution in [3.05, 3.63) is 48.6 Å². The Kier molecular flexibility index (Phi) is 4.39. The lowest BCUT2D eigenvalue weighted by molar-refractivity contribution is -0.141. The summed E-state index contributed by atoms with van der Waals surface area (Å²) >= 11 is 12.0. The first-order chi connectivity index (χ1) is 7.54. The molecule has 0 spiro atoms. The Hall–Kier alpha value is -0.990. The molecule has 1 aromatic rings. The lowest BCUT2D eigenvalue weighted by Gasteiger charge is -2.25. The molecule has 1 rings (SSSR count). The SMILES string of the molecule is C=CC(c1ccccc1)C(Cl)(Cl)C(=O)OC. The highest BCUT2D eigenvalue weighted by Crippen LogP contribution is 2.39. The number of carbonyl (C=O) groups excluding carboxylic acids is 1. The molecule has 0 aliphatic carbocycles. The van der Waals surface area contributed by atoms with Crippen molar-refractivity contribution in [2.75, 3.05) is 7.11 Å². The molecule has 1 atom stereocenters. The average molecular weight is 259 g/mol. The van der Waals surface area contributed by atoms with Crippen LogP contribution >= 0.6 is 23.2 Å². The van der Waals surface area contributed by atoms with Gasteiger partial charge in [-0.15, -0.1) is 6.58 Å². The summed E-state index contributed by atoms with van der Waals surface area (Å²) in [6.45, 7) is 3.64. The van der Waals surface area contributed by atoms with Gasteiger partial charge in [0.1, 0.15) is 0 Å². The van der Waals surface area contributed by atoms with E-state index in [-0.39, 0.29) is 0 Å². The van der Waals surface area contributed by atoms with Crippen molar-refractivity contribution in [1.29, 1.82) is 0 Å². The van der Waals surface area contributed by atoms with Crippen LogP contribution in [0.3, 0.4) is 0 Å². The molecule has 4 heteroatoms. The van der Waals surface area contributed by atoms with E-state index in [9.17, 15) is 4.79 Å². The van der Waals surface area contributed by atoms with Gasteiger partial charge in [-0.3, -0.25) is 0 Å². The van der Waals surface area contributed by atoms with Crippen molar-refractivity contribution in [2.24, 2.45) is 0 Å². The van der Waals surface area contributed by atoms with Gasteiger partial charge in [0.15, 0.2) is 0 Å². The van der Waals surface area contributed by atoms with Crippen LogP contribution in [0.5, 0.6) is 0 Å². The first-order valence-electron chi connectivity index (χ1n) is 4.67. The van der Waals surface area contributed by atoms with Crippen LogP contribution < -0.4 is 0 Å². The number of ether oxygens (including phenoxy) is 1. The van der Waals surface area contributed by atoms with Gasteiger partial charge >= 0.3 is 5.97 Å². The van der Waals surface area contributed by atoms with E-state index in [0.717, 1.165) is 5.56 Å². The third kappa shape index (κ3) is 2.57. The van der Waals surface area contributed by atoms with E-state index in [1.807, 2.05) is 30.3 Å². The quantitative estimate of drug-likeness (QED) is 0.471. The Morgan fingerprint density at radius 1 is 1.44 bits per heavy atom. The molecule has 0 aromatic heterocycles. The minimum Gasteiger partial charge on any atom is -0.467 e. The molecule has 16 heavy (non-hydrogen) atoms. The van der Waals surface area contributed by atoms with E-state index in [0.29, 0.717) is 0 Å². The van der Waals surface area contributed by atoms with Crippen molar-refractivity contribution in [3.8, 4) is 0 Å². The Labute approximate surface area is 105 Å². The normalized spacial score (nSPS) is 12.9. The molecule has 0 radical (unpaired) electrons. The number of hydrogen-bond acceptors (Lipinski definition) is 2. The second-order valence-corrected chi connectivity index (χ2v) is 4.62. The van der Waals surface area contributed by atoms with Crippen molar-refractivity contribution >= 4 is 29.2 Å². The summed E-state index contributed by atoms with van der Waals surface area (Å²) < 4.78 is 2.91. The predicted molar refractivity (Wildman–Crippen MR) is 65.8 cm³/mol. The standard InChI is InChI=1S/C12H12Cl2O2/c1-3-10(9-7-5-4-6-8-9)12(13,14)11(15)16-2/h3-8,10H,1H2,2H3. The second-order valence-electron chi connectivity index (χ2n) is 3.24. The zero-order valence-corrected chi connectivity index (χ0v) is 10.3. The number of allylic oxidation sites excluding steroid dienone is 1. The van der Waals surface area contributed by atoms with Crippen LogP contribution in [0.2, 0.25) is 0 Å². The maximum atomic E-state index is 11.5. The predicted octanol–water partition coefficient (Wildman–Crippen LogP) is 3.30. The van der Waals surface area contributed by atoms with Crippen LogP contribution in [0.1, 0.15) is 11.5 Å². The summed E-state index contributed by atoms with van der Waals surface area (Å²) in [5.74, 6) is -1.20. The highest BCUT2D eigenvalue weighted by atomic mass is 35.5. The number of halogens is 2. The van der Waals surface area contributed by atoms with Crippen LogP contribution in [0.4, 0.5) is 0 Å². The van der Waals surface area contributed by atoms with Crippen molar-refractivity contribution < 1.29 is 9.53 Å². The fraction of sp³-hybridized carbons (Fsp3) is 0.250. The first kappa shape index (κ1) is 13.1. The number of carbonyl (C=O) groups is 1. The van der Waals surface area contributed by atoms with Crippen molar-refractivity contribution in [2.45, 2.75) is 10.3 Å². The molecular formula is C12H12Cl2O2. The van der Waals surface area contributed by atoms with Gasteiger partial charge in [0.25, 0.3) is 0 Å². The molecule has 0 heterocycles. The van der Waals surface area contributed by atoms with Crippen LogP contribution in [-0.4, -0.2) is 17.4 Å². The molecule has 2 nitrogen and oxygen atoms in total. The molecule has 0 fully saturated rings. The second kappa shape index (κ2) is 5.37. The summed E-state index contributed by atoms with van der Waals surface area (Å²) in [5.41, 5.74) is 0.813. The molecule has 1 aromatic carbocycles. The van der Waals surface area contributed by atoms with E-state index in [2.05, 4.69) is 11.3 Å². The third-order valence-electron chi connectivity index (χ3n) is 2.24. The van der Waals surface area contributed by atoms with Gasteiger partial charge in [0, 0.05) is 5.92 Å². The van der Waals surface area contributed by atoms with E-state index in [1.54, 1.807) is 0 Å². The Morgan fingerprint density at radius 2 is 2.00 bits per heavy atom. The van der Waals surface area contributed by atoms with E-state index in [4.69, 9.17) is 23.2 Å². The molecule has 86 valence electrons. The van der Waals surface area contributed by atoms with E-state index >= 15 is 0 Å². The minimum absolute atomic E-state index is 0.510. The van der Waals surface area contributed by atoms with Crippen molar-refractivity contribution in [1.82, 2.24) is 0 Å². The number of hydrogen-bond donors (Lipinski definition) is 0. The van der Waals surface area contributed by atoms with E-state index in [1.165, 1.54) is 13.2 Å². The molecule has 0 amide bonds. The molecule has 0 aliphatic heterocycles. The van der Waals surface area contributed by atoms with Crippen LogP contribution in [0.25, 0.3) is 0 Å². The first-order valence-corrected chi connectivity index (χ1v) is 5.43. The maximum absolute atomic E-state index is 11.5. The summed E-state index contributed by atoms with van der Waals surface area (Å²) in [7, 11) is 1.24. The number of rotatable bonds is 4. The zero-order chi connectivity index (χ0) is 12.2. The Balaban J connectivity index is 3.08. The number of alkyl halides is 2. The largest absolute Gasteiger partial charge is 0.467 e. The van der Waals surface area contributed by atoms with Gasteiger partial charge in [-0.05, 0) is 5.56 Å². The maximum Gasteiger partial charge on any atom is 0.343 e. The topological polar surface area (TPSA) is 26.3 Å². The van der Waals surface area contributed by atoms with Gasteiger partial charge in [0.2, 0.25) is 4.33 Å². The van der Waals surface area contributed by atoms with Gasteiger partial charge in [-0.25, -0.2) is 4.79 Å². The smallest absolute Gasteiger partial charge is 0.343 e. The average Bonchev–Trinajstić information content (AvgIpc) is 2.30. The Morgan fingerprint density at radius 3 is 2.44 bits per heavy atom. The van der Waals surface area contributed by atoms with Crippen LogP contribution in [0.15, 0.2) is 43.0 Å². The minimum atomic E-state index is -1.65. The fourth-order valence-corrected chi connectivity index (χ4v) is 2.00. The summed E-state index contributed by atoms with van der Waals surface area (Å²) in [6.07, 6.45) is 1.53. The molecular weight excluding hydrogens is 247 g/mol. The zero-order valence-electron chi connectivity index (χ0n) is 8.82. The number of benzene rings is 1. The van der Waals surface area contributed by atoms with Crippen LogP contribution in [0, 0.1) is 0 Å². The molecule has 0 saturated carbocycles. The molecule has 1 unspecified atom stereocenters. The Bertz CT molecular complexity index is 374. The van der Waals surface area contributed by atoms with Gasteiger partial charge in [-0.2, -0.15) is 0 Å². The van der Waals surface area contributed by atoms with Crippen LogP contribution in [-0.2, 0) is 9.53 Å². The third-order valence-corrected chi connectivity index (χ3v) is 3.02. The summed E-state index contributed by atoms with van der Waals surface area (Å²) in [6, 6.07) is 9.20. The summed E-state index contributed by atoms with van der Waals surface area (Å²) in [5, 5.41) is 0. The summed E-state index contributed by atoms with van der Waals surface area (Å²) in [4.78, 5) is 11.5. The lowest BCUT2D eigenvalue weighted by atomic mass is 9.95. The molecule has 0 saturated heterocycles. The molecule has 0 bridgehead atoms. The van der Waals surface area contributed by atoms with Gasteiger partial charge in [0.05, 0.1) is 7.11 Å². The number of esters is 1. The lowest BCUT2D eigenvalue weighted by Crippen LogP contribution is -2.33. The monoisotopic (exact) mass is 258 g/mol. The van der Waals surface area contributed by atoms with Crippen molar-refractivity contribution in [3.63, 3.8) is 0 Å². The number of methoxy groups -OCH3 is 1. The molecule has 0 N–H and O–H groups in total. The highest BCUT2D eigenvalue weighted by molar-refractivity contribution is 6.58. The molecule has 0 aliphatic rings. The fourth-order valence-electron chi connectivity index (χ4n) is 1.42. The van der Waals surface area contributed by atoms with E-state index < -0.39 is 16.2 Å². The van der Waals surface area contributed by atoms with Gasteiger partial charge < -0.3 is 4.74 Å². The van der Waals surface area contributed by atoms with Gasteiger partial charge in [-0.1, -0.05) is 59.6 Å².